The standard InChI is InChI=1S/C11H16O7.C2H4O2/c1-6(12)16-9-4-11(18-8(3)14)15-5-10(9)17-7(2)13;1-2(3)4/h9-11H,4-5H2,1-3H3;1H3,(H,3,4)/t9-,10-,11+;/m1./s1. The fraction of sp³-hybridized carbons (Fsp3) is 0.692. The van der Waals surface area contributed by atoms with Gasteiger partial charge >= 0.3 is 17.9 Å². The van der Waals surface area contributed by atoms with Crippen molar-refractivity contribution >= 4 is 23.9 Å². The van der Waals surface area contributed by atoms with E-state index in [1.165, 1.54) is 20.8 Å². The first-order valence-corrected chi connectivity index (χ1v) is 6.44. The molecular weight excluding hydrogens is 300 g/mol. The third-order valence-corrected chi connectivity index (χ3v) is 2.22. The van der Waals surface area contributed by atoms with E-state index in [1.807, 2.05) is 0 Å². The van der Waals surface area contributed by atoms with Crippen LogP contribution >= 0.6 is 0 Å². The van der Waals surface area contributed by atoms with Gasteiger partial charge in [0.2, 0.25) is 6.29 Å². The van der Waals surface area contributed by atoms with Crippen LogP contribution in [0.2, 0.25) is 0 Å². The maximum Gasteiger partial charge on any atom is 0.304 e. The quantitative estimate of drug-likeness (QED) is 0.575. The first kappa shape index (κ1) is 19.8. The van der Waals surface area contributed by atoms with Gasteiger partial charge in [-0.05, 0) is 0 Å². The van der Waals surface area contributed by atoms with E-state index in [-0.39, 0.29) is 13.0 Å². The Bertz CT molecular complexity index is 414. The van der Waals surface area contributed by atoms with Crippen molar-refractivity contribution in [2.24, 2.45) is 0 Å². The molecule has 0 aromatic carbocycles. The Hall–Kier alpha value is -2.16. The second-order valence-electron chi connectivity index (χ2n) is 4.42. The van der Waals surface area contributed by atoms with Crippen molar-refractivity contribution < 1.29 is 43.2 Å². The van der Waals surface area contributed by atoms with Crippen molar-refractivity contribution in [2.75, 3.05) is 6.61 Å². The molecule has 0 spiro atoms. The number of rotatable bonds is 3. The number of carbonyl (C=O) groups is 4. The van der Waals surface area contributed by atoms with Gasteiger partial charge in [-0.3, -0.25) is 19.2 Å². The maximum absolute atomic E-state index is 11.0. The molecule has 1 aliphatic rings. The highest BCUT2D eigenvalue weighted by Crippen LogP contribution is 2.21. The number of carboxylic acid groups (broad SMARTS) is 1. The largest absolute Gasteiger partial charge is 0.481 e. The molecule has 9 heteroatoms. The molecule has 0 aromatic rings. The minimum atomic E-state index is -0.833. The summed E-state index contributed by atoms with van der Waals surface area (Å²) in [6, 6.07) is 0. The van der Waals surface area contributed by atoms with Gasteiger partial charge in [-0.1, -0.05) is 0 Å². The fourth-order valence-corrected chi connectivity index (χ4v) is 1.65. The van der Waals surface area contributed by atoms with E-state index in [1.54, 1.807) is 0 Å². The zero-order valence-electron chi connectivity index (χ0n) is 12.9. The Morgan fingerprint density at radius 2 is 1.27 bits per heavy atom. The topological polar surface area (TPSA) is 125 Å². The second kappa shape index (κ2) is 9.72. The zero-order valence-corrected chi connectivity index (χ0v) is 12.9. The smallest absolute Gasteiger partial charge is 0.304 e. The molecule has 1 N–H and O–H groups in total. The van der Waals surface area contributed by atoms with Crippen LogP contribution < -0.4 is 0 Å². The van der Waals surface area contributed by atoms with Gasteiger partial charge in [0.25, 0.3) is 5.97 Å². The number of carboxylic acids is 1. The minimum absolute atomic E-state index is 0.00940. The number of ether oxygens (including phenoxy) is 4. The molecule has 0 aliphatic carbocycles. The monoisotopic (exact) mass is 320 g/mol. The zero-order chi connectivity index (χ0) is 17.3. The summed E-state index contributed by atoms with van der Waals surface area (Å²) in [7, 11) is 0. The van der Waals surface area contributed by atoms with Crippen LogP contribution in [0, 0.1) is 0 Å². The molecule has 0 amide bonds. The molecule has 22 heavy (non-hydrogen) atoms. The molecule has 0 aromatic heterocycles. The van der Waals surface area contributed by atoms with Crippen LogP contribution in [0.1, 0.15) is 34.1 Å². The van der Waals surface area contributed by atoms with Crippen LogP contribution in [0.15, 0.2) is 0 Å². The molecule has 0 bridgehead atoms. The summed E-state index contributed by atoms with van der Waals surface area (Å²) >= 11 is 0. The molecule has 9 nitrogen and oxygen atoms in total. The molecule has 1 heterocycles. The van der Waals surface area contributed by atoms with Crippen molar-refractivity contribution in [1.29, 1.82) is 0 Å². The van der Waals surface area contributed by atoms with Gasteiger partial charge in [0, 0.05) is 27.7 Å². The van der Waals surface area contributed by atoms with E-state index < -0.39 is 42.4 Å². The van der Waals surface area contributed by atoms with E-state index in [9.17, 15) is 14.4 Å². The predicted molar refractivity (Wildman–Crippen MR) is 70.5 cm³/mol. The van der Waals surface area contributed by atoms with Gasteiger partial charge < -0.3 is 24.1 Å². The van der Waals surface area contributed by atoms with Gasteiger partial charge in [-0.2, -0.15) is 0 Å². The normalized spacial score (nSPS) is 23.4. The van der Waals surface area contributed by atoms with Gasteiger partial charge in [-0.25, -0.2) is 0 Å². The van der Waals surface area contributed by atoms with Crippen LogP contribution in [0.3, 0.4) is 0 Å². The van der Waals surface area contributed by atoms with Crippen LogP contribution in [0.25, 0.3) is 0 Å². The lowest BCUT2D eigenvalue weighted by molar-refractivity contribution is -0.228. The van der Waals surface area contributed by atoms with Crippen molar-refractivity contribution in [3.63, 3.8) is 0 Å². The number of carbonyl (C=O) groups excluding carboxylic acids is 3. The molecule has 0 saturated carbocycles. The van der Waals surface area contributed by atoms with Crippen LogP contribution in [0.5, 0.6) is 0 Å². The van der Waals surface area contributed by atoms with Gasteiger partial charge in [0.05, 0.1) is 13.0 Å². The number of aliphatic carboxylic acids is 1. The fourth-order valence-electron chi connectivity index (χ4n) is 1.65. The highest BCUT2D eigenvalue weighted by Gasteiger charge is 2.37. The summed E-state index contributed by atoms with van der Waals surface area (Å²) in [6.07, 6.45) is -2.02. The summed E-state index contributed by atoms with van der Waals surface area (Å²) in [5.41, 5.74) is 0. The lowest BCUT2D eigenvalue weighted by Crippen LogP contribution is -2.46. The molecule has 126 valence electrons. The lowest BCUT2D eigenvalue weighted by Gasteiger charge is -2.34. The first-order chi connectivity index (χ1) is 10.1. The number of hydrogen-bond acceptors (Lipinski definition) is 8. The van der Waals surface area contributed by atoms with Crippen LogP contribution in [0.4, 0.5) is 0 Å². The van der Waals surface area contributed by atoms with E-state index >= 15 is 0 Å². The van der Waals surface area contributed by atoms with Crippen molar-refractivity contribution in [1.82, 2.24) is 0 Å². The van der Waals surface area contributed by atoms with E-state index in [2.05, 4.69) is 0 Å². The van der Waals surface area contributed by atoms with Gasteiger partial charge in [-0.15, -0.1) is 0 Å². The summed E-state index contributed by atoms with van der Waals surface area (Å²) in [4.78, 5) is 41.7. The molecule has 1 rings (SSSR count). The van der Waals surface area contributed by atoms with E-state index in [0.29, 0.717) is 0 Å². The van der Waals surface area contributed by atoms with Crippen molar-refractivity contribution in [3.05, 3.63) is 0 Å². The van der Waals surface area contributed by atoms with Crippen LogP contribution in [-0.4, -0.2) is 54.1 Å². The summed E-state index contributed by atoms with van der Waals surface area (Å²) in [5, 5.41) is 7.42. The highest BCUT2D eigenvalue weighted by molar-refractivity contribution is 5.67. The molecule has 1 fully saturated rings. The van der Waals surface area contributed by atoms with E-state index in [0.717, 1.165) is 6.92 Å². The summed E-state index contributed by atoms with van der Waals surface area (Å²) in [5.74, 6) is -2.32. The predicted octanol–water partition coefficient (Wildman–Crippen LogP) is 0.250. The average Bonchev–Trinajstić information content (AvgIpc) is 2.29. The average molecular weight is 320 g/mol. The second-order valence-corrected chi connectivity index (χ2v) is 4.42. The Balaban J connectivity index is 0.000000980. The number of esters is 3. The highest BCUT2D eigenvalue weighted by atomic mass is 16.7. The molecular formula is C13H20O9. The minimum Gasteiger partial charge on any atom is -0.481 e. The summed E-state index contributed by atoms with van der Waals surface area (Å²) in [6.45, 7) is 4.85. The lowest BCUT2D eigenvalue weighted by atomic mass is 10.1. The number of hydrogen-bond donors (Lipinski definition) is 1. The molecule has 0 unspecified atom stereocenters. The molecule has 1 saturated heterocycles. The van der Waals surface area contributed by atoms with Crippen molar-refractivity contribution in [2.45, 2.75) is 52.6 Å². The first-order valence-electron chi connectivity index (χ1n) is 6.44. The summed E-state index contributed by atoms with van der Waals surface area (Å²) < 4.78 is 20.1. The molecule has 3 atom stereocenters. The Morgan fingerprint density at radius 1 is 0.864 bits per heavy atom. The van der Waals surface area contributed by atoms with Crippen molar-refractivity contribution in [3.8, 4) is 0 Å². The van der Waals surface area contributed by atoms with Gasteiger partial charge in [0.1, 0.15) is 6.10 Å². The molecule has 1 aliphatic heterocycles. The Labute approximate surface area is 127 Å². The van der Waals surface area contributed by atoms with E-state index in [4.69, 9.17) is 28.8 Å². The Kier molecular flexibility index (Phi) is 8.76. The molecule has 0 radical (unpaired) electrons. The van der Waals surface area contributed by atoms with Gasteiger partial charge in [0.15, 0.2) is 6.10 Å². The Morgan fingerprint density at radius 3 is 1.68 bits per heavy atom. The third-order valence-electron chi connectivity index (χ3n) is 2.22. The SMILES string of the molecule is CC(=O)O.CC(=O)O[C@H]1C[C@@H](OC(C)=O)[C@H](OC(C)=O)CO1. The maximum atomic E-state index is 11.0. The van der Waals surface area contributed by atoms with Crippen LogP contribution in [-0.2, 0) is 38.1 Å². The third kappa shape index (κ3) is 9.70.